The van der Waals surface area contributed by atoms with Crippen LogP contribution >= 0.6 is 0 Å². The van der Waals surface area contributed by atoms with Crippen molar-refractivity contribution >= 4 is 0 Å². The molecule has 0 heterocycles. The molecule has 0 saturated carbocycles. The number of hydrogen-bond donors (Lipinski definition) is 0. The number of benzene rings is 1. The largest absolute Gasteiger partial charge is 0.497 e. The van der Waals surface area contributed by atoms with Gasteiger partial charge in [-0.1, -0.05) is 18.2 Å². The average molecular weight is 226 g/mol. The lowest BCUT2D eigenvalue weighted by molar-refractivity contribution is 0.414. The van der Waals surface area contributed by atoms with Gasteiger partial charge in [-0.15, -0.1) is 6.58 Å². The molecular weight excluding hydrogens is 212 g/mol. The molecular formula is C14H14N2O. The number of nitriles is 2. The molecule has 0 aliphatic rings. The first-order valence-electron chi connectivity index (χ1n) is 5.26. The zero-order chi connectivity index (χ0) is 12.7. The van der Waals surface area contributed by atoms with Crippen LogP contribution in [0.5, 0.6) is 5.75 Å². The molecule has 0 N–H and O–H groups in total. The summed E-state index contributed by atoms with van der Waals surface area (Å²) >= 11 is 0. The lowest BCUT2D eigenvalue weighted by Crippen LogP contribution is -2.18. The summed E-state index contributed by atoms with van der Waals surface area (Å²) in [6, 6.07) is 11.5. The summed E-state index contributed by atoms with van der Waals surface area (Å²) in [7, 11) is 1.60. The van der Waals surface area contributed by atoms with E-state index in [1.807, 2.05) is 24.3 Å². The molecule has 1 aromatic rings. The van der Waals surface area contributed by atoms with Gasteiger partial charge < -0.3 is 4.74 Å². The van der Waals surface area contributed by atoms with E-state index in [0.717, 1.165) is 11.3 Å². The number of ether oxygens (including phenoxy) is 1. The molecule has 0 aromatic heterocycles. The first kappa shape index (κ1) is 12.8. The highest BCUT2D eigenvalue weighted by atomic mass is 16.5. The summed E-state index contributed by atoms with van der Waals surface area (Å²) in [4.78, 5) is 0. The van der Waals surface area contributed by atoms with E-state index < -0.39 is 5.41 Å². The van der Waals surface area contributed by atoms with E-state index in [9.17, 15) is 0 Å². The van der Waals surface area contributed by atoms with Gasteiger partial charge in [0.05, 0.1) is 19.2 Å². The van der Waals surface area contributed by atoms with Crippen molar-refractivity contribution in [1.82, 2.24) is 0 Å². The number of allylic oxidation sites excluding steroid dienone is 1. The maximum Gasteiger partial charge on any atom is 0.151 e. The van der Waals surface area contributed by atoms with E-state index in [2.05, 4.69) is 18.7 Å². The van der Waals surface area contributed by atoms with Crippen LogP contribution in [0, 0.1) is 28.1 Å². The molecule has 86 valence electrons. The first-order chi connectivity index (χ1) is 8.19. The van der Waals surface area contributed by atoms with Crippen LogP contribution in [0.4, 0.5) is 0 Å². The fourth-order valence-electron chi connectivity index (χ4n) is 1.61. The van der Waals surface area contributed by atoms with E-state index in [4.69, 9.17) is 15.3 Å². The Labute approximate surface area is 102 Å². The Hall–Kier alpha value is -2.26. The highest BCUT2D eigenvalue weighted by Gasteiger charge is 2.28. The van der Waals surface area contributed by atoms with Crippen LogP contribution in [0.3, 0.4) is 0 Å². The summed E-state index contributed by atoms with van der Waals surface area (Å²) in [6.07, 6.45) is 2.37. The highest BCUT2D eigenvalue weighted by Crippen LogP contribution is 2.27. The van der Waals surface area contributed by atoms with Gasteiger partial charge in [-0.25, -0.2) is 0 Å². The van der Waals surface area contributed by atoms with Crippen molar-refractivity contribution in [1.29, 1.82) is 10.5 Å². The number of rotatable bonds is 5. The third-order valence-electron chi connectivity index (χ3n) is 2.59. The second-order valence-electron chi connectivity index (χ2n) is 3.82. The third kappa shape index (κ3) is 3.09. The predicted molar refractivity (Wildman–Crippen MR) is 65.2 cm³/mol. The van der Waals surface area contributed by atoms with E-state index >= 15 is 0 Å². The molecule has 0 atom stereocenters. The molecule has 0 aliphatic heterocycles. The fourth-order valence-corrected chi connectivity index (χ4v) is 1.61. The Morgan fingerprint density at radius 3 is 2.29 bits per heavy atom. The van der Waals surface area contributed by atoms with Gasteiger partial charge in [0.25, 0.3) is 0 Å². The Kier molecular flexibility index (Phi) is 4.31. The van der Waals surface area contributed by atoms with Gasteiger partial charge in [0.2, 0.25) is 0 Å². The minimum absolute atomic E-state index is 0.367. The van der Waals surface area contributed by atoms with Crippen LogP contribution in [0.15, 0.2) is 36.9 Å². The molecule has 0 bridgehead atoms. The number of hydrogen-bond acceptors (Lipinski definition) is 3. The molecule has 17 heavy (non-hydrogen) atoms. The molecule has 0 aliphatic carbocycles. The minimum Gasteiger partial charge on any atom is -0.497 e. The third-order valence-corrected chi connectivity index (χ3v) is 2.59. The van der Waals surface area contributed by atoms with Gasteiger partial charge in [0.15, 0.2) is 5.41 Å². The Balaban J connectivity index is 2.91. The van der Waals surface area contributed by atoms with E-state index in [1.54, 1.807) is 13.2 Å². The van der Waals surface area contributed by atoms with Crippen LogP contribution in [0.25, 0.3) is 0 Å². The van der Waals surface area contributed by atoms with Crippen LogP contribution in [0.2, 0.25) is 0 Å². The van der Waals surface area contributed by atoms with Crippen LogP contribution in [0.1, 0.15) is 12.0 Å². The molecule has 0 radical (unpaired) electrons. The van der Waals surface area contributed by atoms with Crippen LogP contribution in [-0.4, -0.2) is 7.11 Å². The van der Waals surface area contributed by atoms with Gasteiger partial charge in [-0.05, 0) is 24.1 Å². The highest BCUT2D eigenvalue weighted by molar-refractivity contribution is 5.31. The van der Waals surface area contributed by atoms with E-state index in [1.165, 1.54) is 0 Å². The number of nitrogens with zero attached hydrogens (tertiary/aromatic N) is 2. The van der Waals surface area contributed by atoms with Crippen LogP contribution in [-0.2, 0) is 6.42 Å². The van der Waals surface area contributed by atoms with Crippen molar-refractivity contribution in [3.05, 3.63) is 42.5 Å². The molecule has 0 amide bonds. The maximum absolute atomic E-state index is 9.12. The van der Waals surface area contributed by atoms with Gasteiger partial charge in [-0.2, -0.15) is 10.5 Å². The summed E-state index contributed by atoms with van der Waals surface area (Å²) in [6.45, 7) is 3.59. The average Bonchev–Trinajstić information content (AvgIpc) is 2.39. The Morgan fingerprint density at radius 1 is 1.29 bits per heavy atom. The van der Waals surface area contributed by atoms with E-state index in [-0.39, 0.29) is 0 Å². The molecule has 0 spiro atoms. The molecule has 0 saturated heterocycles. The maximum atomic E-state index is 9.12. The van der Waals surface area contributed by atoms with Gasteiger partial charge in [0.1, 0.15) is 5.75 Å². The summed E-state index contributed by atoms with van der Waals surface area (Å²) in [5.74, 6) is 0.761. The standard InChI is InChI=1S/C14H14N2O/c1-3-8-14(10-15,11-16)9-12-4-6-13(17-2)7-5-12/h3-7H,1,8-9H2,2H3. The molecule has 3 nitrogen and oxygen atoms in total. The van der Waals surface area contributed by atoms with Crippen molar-refractivity contribution in [3.8, 4) is 17.9 Å². The lowest BCUT2D eigenvalue weighted by atomic mass is 9.81. The summed E-state index contributed by atoms with van der Waals surface area (Å²) in [5.41, 5.74) is -0.0770. The first-order valence-corrected chi connectivity index (χ1v) is 5.26. The minimum atomic E-state index is -1.02. The Bertz CT molecular complexity index is 448. The van der Waals surface area contributed by atoms with Crippen molar-refractivity contribution < 1.29 is 4.74 Å². The van der Waals surface area contributed by atoms with Crippen LogP contribution < -0.4 is 4.74 Å². The second-order valence-corrected chi connectivity index (χ2v) is 3.82. The molecule has 0 unspecified atom stereocenters. The van der Waals surface area contributed by atoms with Gasteiger partial charge in [-0.3, -0.25) is 0 Å². The predicted octanol–water partition coefficient (Wildman–Crippen LogP) is 2.85. The molecule has 1 aromatic carbocycles. The quantitative estimate of drug-likeness (QED) is 0.725. The van der Waals surface area contributed by atoms with Gasteiger partial charge in [0, 0.05) is 6.42 Å². The Morgan fingerprint density at radius 2 is 1.88 bits per heavy atom. The molecule has 1 rings (SSSR count). The summed E-state index contributed by atoms with van der Waals surface area (Å²) < 4.78 is 5.05. The van der Waals surface area contributed by atoms with Crippen molar-refractivity contribution in [3.63, 3.8) is 0 Å². The summed E-state index contributed by atoms with van der Waals surface area (Å²) in [5, 5.41) is 18.2. The lowest BCUT2D eigenvalue weighted by Gasteiger charge is -2.16. The smallest absolute Gasteiger partial charge is 0.151 e. The second kappa shape index (κ2) is 5.72. The van der Waals surface area contributed by atoms with Gasteiger partial charge >= 0.3 is 0 Å². The van der Waals surface area contributed by atoms with Crippen molar-refractivity contribution in [2.75, 3.05) is 7.11 Å². The monoisotopic (exact) mass is 226 g/mol. The van der Waals surface area contributed by atoms with E-state index in [0.29, 0.717) is 12.8 Å². The SMILES string of the molecule is C=CCC(C#N)(C#N)Cc1ccc(OC)cc1. The van der Waals surface area contributed by atoms with Crippen molar-refractivity contribution in [2.45, 2.75) is 12.8 Å². The van der Waals surface area contributed by atoms with Crippen molar-refractivity contribution in [2.24, 2.45) is 5.41 Å². The fraction of sp³-hybridized carbons (Fsp3) is 0.286. The zero-order valence-corrected chi connectivity index (χ0v) is 9.81. The number of methoxy groups -OCH3 is 1. The normalized spacial score (nSPS) is 10.1. The zero-order valence-electron chi connectivity index (χ0n) is 9.81. The molecule has 3 heteroatoms. The molecule has 0 fully saturated rings. The topological polar surface area (TPSA) is 56.8 Å².